The predicted octanol–water partition coefficient (Wildman–Crippen LogP) is 4.04. The lowest BCUT2D eigenvalue weighted by molar-refractivity contribution is -0.120. The van der Waals surface area contributed by atoms with Crippen LogP contribution < -0.4 is 10.1 Å². The summed E-state index contributed by atoms with van der Waals surface area (Å²) in [5, 5.41) is 5.64. The van der Waals surface area contributed by atoms with Crippen LogP contribution in [0.2, 0.25) is 0 Å². The van der Waals surface area contributed by atoms with Crippen LogP contribution in [0.25, 0.3) is 11.3 Å². The summed E-state index contributed by atoms with van der Waals surface area (Å²) in [6, 6.07) is 6.16. The smallest absolute Gasteiger partial charge is 0.229 e. The van der Waals surface area contributed by atoms with E-state index in [1.807, 2.05) is 17.5 Å². The quantitative estimate of drug-likeness (QED) is 0.866. The van der Waals surface area contributed by atoms with Crippen molar-refractivity contribution in [3.05, 3.63) is 41.3 Å². The molecule has 2 heterocycles. The molecule has 23 heavy (non-hydrogen) atoms. The topological polar surface area (TPSA) is 51.2 Å². The van der Waals surface area contributed by atoms with Crippen molar-refractivity contribution in [2.45, 2.75) is 25.7 Å². The molecule has 2 aromatic rings. The highest BCUT2D eigenvalue weighted by molar-refractivity contribution is 7.14. The van der Waals surface area contributed by atoms with Crippen molar-refractivity contribution in [2.75, 3.05) is 11.9 Å². The standard InChI is InChI=1S/C18H18N2O2S/c21-17(12-4-2-1-3-5-12)20-18-19-15(11-23-18)13-6-7-16-14(10-13)8-9-22-16/h1-2,6-7,10-12H,3-5,8-9H2,(H,19,20,21)/t12-/m0/s1. The first-order chi connectivity index (χ1) is 11.3. The minimum Gasteiger partial charge on any atom is -0.493 e. The number of allylic oxidation sites excluding steroid dienone is 2. The Morgan fingerprint density at radius 1 is 1.35 bits per heavy atom. The predicted molar refractivity (Wildman–Crippen MR) is 91.9 cm³/mol. The van der Waals surface area contributed by atoms with Crippen LogP contribution in [0, 0.1) is 5.92 Å². The zero-order chi connectivity index (χ0) is 15.6. The second-order valence-electron chi connectivity index (χ2n) is 5.93. The number of anilines is 1. The number of carbonyl (C=O) groups excluding carboxylic acids is 1. The lowest BCUT2D eigenvalue weighted by atomic mass is 9.94. The van der Waals surface area contributed by atoms with Crippen LogP contribution >= 0.6 is 11.3 Å². The molecule has 4 nitrogen and oxygen atoms in total. The van der Waals surface area contributed by atoms with Crippen molar-refractivity contribution in [3.8, 4) is 17.0 Å². The lowest BCUT2D eigenvalue weighted by Crippen LogP contribution is -2.23. The molecule has 1 N–H and O–H groups in total. The number of amides is 1. The Kier molecular flexibility index (Phi) is 3.87. The van der Waals surface area contributed by atoms with Gasteiger partial charge in [-0.25, -0.2) is 4.98 Å². The summed E-state index contributed by atoms with van der Waals surface area (Å²) in [4.78, 5) is 16.8. The molecule has 0 saturated heterocycles. The third kappa shape index (κ3) is 3.01. The van der Waals surface area contributed by atoms with Crippen molar-refractivity contribution in [3.63, 3.8) is 0 Å². The Morgan fingerprint density at radius 3 is 3.17 bits per heavy atom. The molecule has 0 spiro atoms. The minimum absolute atomic E-state index is 0.0736. The molecular formula is C18H18N2O2S. The van der Waals surface area contributed by atoms with E-state index in [2.05, 4.69) is 28.5 Å². The average Bonchev–Trinajstić information content (AvgIpc) is 3.23. The number of rotatable bonds is 3. The van der Waals surface area contributed by atoms with E-state index in [1.165, 1.54) is 16.9 Å². The molecule has 5 heteroatoms. The molecule has 0 saturated carbocycles. The summed E-state index contributed by atoms with van der Waals surface area (Å²) in [7, 11) is 0. The number of aromatic nitrogens is 1. The van der Waals surface area contributed by atoms with Gasteiger partial charge < -0.3 is 10.1 Å². The first-order valence-corrected chi connectivity index (χ1v) is 8.85. The summed E-state index contributed by atoms with van der Waals surface area (Å²) in [5.41, 5.74) is 3.21. The molecule has 1 aromatic heterocycles. The highest BCUT2D eigenvalue weighted by Gasteiger charge is 2.20. The van der Waals surface area contributed by atoms with Gasteiger partial charge in [0.1, 0.15) is 5.75 Å². The van der Waals surface area contributed by atoms with E-state index in [0.29, 0.717) is 5.13 Å². The minimum atomic E-state index is 0.0736. The molecule has 0 fully saturated rings. The van der Waals surface area contributed by atoms with Crippen LogP contribution in [-0.4, -0.2) is 17.5 Å². The number of benzene rings is 1. The molecule has 4 rings (SSSR count). The summed E-state index contributed by atoms with van der Waals surface area (Å²) in [5.74, 6) is 1.13. The molecule has 1 amide bonds. The Bertz CT molecular complexity index is 766. The summed E-state index contributed by atoms with van der Waals surface area (Å²) < 4.78 is 5.53. The summed E-state index contributed by atoms with van der Waals surface area (Å²) >= 11 is 1.48. The fraction of sp³-hybridized carbons (Fsp3) is 0.333. The number of hydrogen-bond donors (Lipinski definition) is 1. The van der Waals surface area contributed by atoms with Crippen LogP contribution in [0.1, 0.15) is 24.8 Å². The number of fused-ring (bicyclic) bond motifs is 1. The number of nitrogens with zero attached hydrogens (tertiary/aromatic N) is 1. The number of carbonyl (C=O) groups is 1. The van der Waals surface area contributed by atoms with Gasteiger partial charge in [0, 0.05) is 23.3 Å². The fourth-order valence-electron chi connectivity index (χ4n) is 3.05. The summed E-state index contributed by atoms with van der Waals surface area (Å²) in [6.45, 7) is 0.757. The molecule has 0 unspecified atom stereocenters. The van der Waals surface area contributed by atoms with E-state index < -0.39 is 0 Å². The largest absolute Gasteiger partial charge is 0.493 e. The van der Waals surface area contributed by atoms with Gasteiger partial charge >= 0.3 is 0 Å². The number of ether oxygens (including phenoxy) is 1. The van der Waals surface area contributed by atoms with Gasteiger partial charge in [0.15, 0.2) is 5.13 Å². The SMILES string of the molecule is O=C(Nc1nc(-c2ccc3c(c2)CCO3)cs1)[C@H]1CC=CCC1. The van der Waals surface area contributed by atoms with Crippen molar-refractivity contribution < 1.29 is 9.53 Å². The van der Waals surface area contributed by atoms with E-state index in [-0.39, 0.29) is 11.8 Å². The molecular weight excluding hydrogens is 308 g/mol. The monoisotopic (exact) mass is 326 g/mol. The highest BCUT2D eigenvalue weighted by atomic mass is 32.1. The molecule has 0 radical (unpaired) electrons. The maximum absolute atomic E-state index is 12.3. The number of hydrogen-bond acceptors (Lipinski definition) is 4. The van der Waals surface area contributed by atoms with Gasteiger partial charge in [-0.05, 0) is 43.0 Å². The highest BCUT2D eigenvalue weighted by Crippen LogP contribution is 2.32. The van der Waals surface area contributed by atoms with Gasteiger partial charge in [-0.2, -0.15) is 0 Å². The van der Waals surface area contributed by atoms with Crippen molar-refractivity contribution in [2.24, 2.45) is 5.92 Å². The Hall–Kier alpha value is -2.14. The van der Waals surface area contributed by atoms with Crippen LogP contribution in [0.3, 0.4) is 0 Å². The first-order valence-electron chi connectivity index (χ1n) is 7.97. The van der Waals surface area contributed by atoms with E-state index in [0.717, 1.165) is 49.3 Å². The number of nitrogens with one attached hydrogen (secondary N) is 1. The molecule has 0 bridgehead atoms. The van der Waals surface area contributed by atoms with Crippen LogP contribution in [0.15, 0.2) is 35.7 Å². The maximum atomic E-state index is 12.3. The van der Waals surface area contributed by atoms with Gasteiger partial charge in [0.2, 0.25) is 5.91 Å². The van der Waals surface area contributed by atoms with E-state index >= 15 is 0 Å². The van der Waals surface area contributed by atoms with Gasteiger partial charge in [-0.3, -0.25) is 4.79 Å². The molecule has 118 valence electrons. The van der Waals surface area contributed by atoms with Crippen LogP contribution in [-0.2, 0) is 11.2 Å². The molecule has 1 atom stereocenters. The zero-order valence-corrected chi connectivity index (χ0v) is 13.6. The van der Waals surface area contributed by atoms with Gasteiger partial charge in [-0.1, -0.05) is 12.2 Å². The van der Waals surface area contributed by atoms with E-state index in [9.17, 15) is 4.79 Å². The van der Waals surface area contributed by atoms with Crippen LogP contribution in [0.5, 0.6) is 5.75 Å². The van der Waals surface area contributed by atoms with Crippen molar-refractivity contribution >= 4 is 22.4 Å². The third-order valence-corrected chi connectivity index (χ3v) is 5.12. The summed E-state index contributed by atoms with van der Waals surface area (Å²) in [6.07, 6.45) is 7.92. The second-order valence-corrected chi connectivity index (χ2v) is 6.79. The lowest BCUT2D eigenvalue weighted by Gasteiger charge is -2.15. The van der Waals surface area contributed by atoms with E-state index in [4.69, 9.17) is 4.74 Å². The van der Waals surface area contributed by atoms with Crippen molar-refractivity contribution in [1.29, 1.82) is 0 Å². The Balaban J connectivity index is 1.48. The van der Waals surface area contributed by atoms with E-state index in [1.54, 1.807) is 0 Å². The first kappa shape index (κ1) is 14.5. The molecule has 1 aliphatic heterocycles. The third-order valence-electron chi connectivity index (χ3n) is 4.36. The van der Waals surface area contributed by atoms with Gasteiger partial charge in [0.05, 0.1) is 12.3 Å². The van der Waals surface area contributed by atoms with Gasteiger partial charge in [0.25, 0.3) is 0 Å². The Labute approximate surface area is 139 Å². The zero-order valence-electron chi connectivity index (χ0n) is 12.7. The number of thiazole rings is 1. The van der Waals surface area contributed by atoms with Crippen LogP contribution in [0.4, 0.5) is 5.13 Å². The average molecular weight is 326 g/mol. The van der Waals surface area contributed by atoms with Gasteiger partial charge in [-0.15, -0.1) is 11.3 Å². The Morgan fingerprint density at radius 2 is 2.30 bits per heavy atom. The molecule has 1 aromatic carbocycles. The second kappa shape index (κ2) is 6.16. The normalized spacial score (nSPS) is 19.2. The fourth-order valence-corrected chi connectivity index (χ4v) is 3.77. The molecule has 1 aliphatic carbocycles. The molecule has 2 aliphatic rings. The van der Waals surface area contributed by atoms with Crippen molar-refractivity contribution in [1.82, 2.24) is 4.98 Å². The maximum Gasteiger partial charge on any atom is 0.229 e.